The second-order valence-corrected chi connectivity index (χ2v) is 4.03. The fraction of sp³-hybridized carbons (Fsp3) is 0.417. The van der Waals surface area contributed by atoms with Crippen LogP contribution in [0.1, 0.15) is 12.0 Å². The topological polar surface area (TPSA) is 58.6 Å². The summed E-state index contributed by atoms with van der Waals surface area (Å²) in [6.07, 6.45) is -5.63. The van der Waals surface area contributed by atoms with Gasteiger partial charge in [0, 0.05) is 13.7 Å². The number of ether oxygens (including phenoxy) is 1. The van der Waals surface area contributed by atoms with E-state index in [0.29, 0.717) is 6.07 Å². The van der Waals surface area contributed by atoms with Crippen LogP contribution >= 0.6 is 0 Å². The molecule has 1 rings (SSSR count). The van der Waals surface area contributed by atoms with Gasteiger partial charge >= 0.3 is 12.1 Å². The van der Waals surface area contributed by atoms with E-state index in [9.17, 15) is 22.4 Å². The Bertz CT molecular complexity index is 476. The molecule has 20 heavy (non-hydrogen) atoms. The summed E-state index contributed by atoms with van der Waals surface area (Å²) in [5, 5.41) is 11.1. The third kappa shape index (κ3) is 4.69. The number of methoxy groups -OCH3 is 1. The number of carboxylic acid groups (broad SMARTS) is 1. The van der Waals surface area contributed by atoms with Crippen LogP contribution in [-0.4, -0.2) is 30.8 Å². The minimum atomic E-state index is -4.61. The van der Waals surface area contributed by atoms with Crippen molar-refractivity contribution in [2.45, 2.75) is 18.7 Å². The molecule has 0 saturated carbocycles. The summed E-state index contributed by atoms with van der Waals surface area (Å²) in [5.41, 5.74) is -1.24. The molecule has 0 aliphatic rings. The van der Waals surface area contributed by atoms with E-state index in [0.717, 1.165) is 12.1 Å². The van der Waals surface area contributed by atoms with Gasteiger partial charge in [-0.15, -0.1) is 0 Å². The number of hydrogen-bond donors (Lipinski definition) is 2. The van der Waals surface area contributed by atoms with Gasteiger partial charge in [0.15, 0.2) is 0 Å². The van der Waals surface area contributed by atoms with Crippen LogP contribution in [0.3, 0.4) is 0 Å². The number of aliphatic carboxylic acids is 1. The van der Waals surface area contributed by atoms with Gasteiger partial charge in [0.25, 0.3) is 0 Å². The summed E-state index contributed by atoms with van der Waals surface area (Å²) in [6, 6.07) is 2.07. The maximum absolute atomic E-state index is 13.5. The van der Waals surface area contributed by atoms with Gasteiger partial charge in [-0.25, -0.2) is 4.39 Å². The standard InChI is InChI=1S/C12H13F4NO3/c1-20-8(5-11(18)19)6-17-10-3-2-7(4-9(10)13)12(14,15)16/h2-4,8,17H,5-6H2,1H3,(H,18,19). The Morgan fingerprint density at radius 2 is 2.10 bits per heavy atom. The smallest absolute Gasteiger partial charge is 0.416 e. The predicted molar refractivity (Wildman–Crippen MR) is 62.9 cm³/mol. The molecule has 112 valence electrons. The van der Waals surface area contributed by atoms with Gasteiger partial charge in [0.05, 0.1) is 23.8 Å². The van der Waals surface area contributed by atoms with E-state index in [2.05, 4.69) is 5.32 Å². The Kier molecular flexibility index (Phi) is 5.32. The average Bonchev–Trinajstić information content (AvgIpc) is 2.33. The molecule has 1 unspecified atom stereocenters. The molecule has 1 aromatic rings. The Labute approximate surface area is 112 Å². The minimum Gasteiger partial charge on any atom is -0.481 e. The number of anilines is 1. The first kappa shape index (κ1) is 16.2. The molecule has 0 heterocycles. The third-order valence-electron chi connectivity index (χ3n) is 2.55. The third-order valence-corrected chi connectivity index (χ3v) is 2.55. The van der Waals surface area contributed by atoms with Crippen LogP contribution in [-0.2, 0) is 15.7 Å². The number of nitrogens with one attached hydrogen (secondary N) is 1. The number of alkyl halides is 3. The molecule has 1 aromatic carbocycles. The van der Waals surface area contributed by atoms with Crippen molar-refractivity contribution in [3.05, 3.63) is 29.6 Å². The number of benzene rings is 1. The first-order valence-electron chi connectivity index (χ1n) is 5.59. The highest BCUT2D eigenvalue weighted by Crippen LogP contribution is 2.31. The maximum atomic E-state index is 13.5. The molecule has 2 N–H and O–H groups in total. The lowest BCUT2D eigenvalue weighted by molar-refractivity contribution is -0.139. The second-order valence-electron chi connectivity index (χ2n) is 4.03. The molecule has 8 heteroatoms. The van der Waals surface area contributed by atoms with Crippen LogP contribution in [0.2, 0.25) is 0 Å². The normalized spacial score (nSPS) is 13.1. The lowest BCUT2D eigenvalue weighted by atomic mass is 10.2. The van der Waals surface area contributed by atoms with Crippen molar-refractivity contribution in [1.82, 2.24) is 0 Å². The van der Waals surface area contributed by atoms with Crippen LogP contribution in [0.15, 0.2) is 18.2 Å². The van der Waals surface area contributed by atoms with Crippen molar-refractivity contribution >= 4 is 11.7 Å². The van der Waals surface area contributed by atoms with Crippen LogP contribution in [0.4, 0.5) is 23.2 Å². The fourth-order valence-corrected chi connectivity index (χ4v) is 1.49. The van der Waals surface area contributed by atoms with E-state index in [-0.39, 0.29) is 18.7 Å². The molecule has 0 bridgehead atoms. The largest absolute Gasteiger partial charge is 0.481 e. The van der Waals surface area contributed by atoms with Crippen molar-refractivity contribution in [1.29, 1.82) is 0 Å². The van der Waals surface area contributed by atoms with E-state index in [1.54, 1.807) is 0 Å². The summed E-state index contributed by atoms with van der Waals surface area (Å²) in [6.45, 7) is -0.0366. The lowest BCUT2D eigenvalue weighted by Crippen LogP contribution is -2.25. The van der Waals surface area contributed by atoms with E-state index in [1.807, 2.05) is 0 Å². The molecule has 4 nitrogen and oxygen atoms in total. The molecule has 0 aliphatic heterocycles. The first-order chi connectivity index (χ1) is 9.24. The van der Waals surface area contributed by atoms with E-state index < -0.39 is 29.6 Å². The van der Waals surface area contributed by atoms with Crippen molar-refractivity contribution in [2.75, 3.05) is 19.0 Å². The van der Waals surface area contributed by atoms with Crippen LogP contribution in [0.5, 0.6) is 0 Å². The van der Waals surface area contributed by atoms with E-state index in [4.69, 9.17) is 9.84 Å². The Morgan fingerprint density at radius 1 is 1.45 bits per heavy atom. The molecule has 0 fully saturated rings. The molecule has 1 atom stereocenters. The maximum Gasteiger partial charge on any atom is 0.416 e. The fourth-order valence-electron chi connectivity index (χ4n) is 1.49. The summed E-state index contributed by atoms with van der Waals surface area (Å²) in [5.74, 6) is -2.16. The second kappa shape index (κ2) is 6.56. The van der Waals surface area contributed by atoms with Gasteiger partial charge in [-0.1, -0.05) is 0 Å². The molecule has 0 aliphatic carbocycles. The van der Waals surface area contributed by atoms with Crippen LogP contribution in [0.25, 0.3) is 0 Å². The highest BCUT2D eigenvalue weighted by atomic mass is 19.4. The molecule has 0 aromatic heterocycles. The van der Waals surface area contributed by atoms with E-state index in [1.165, 1.54) is 7.11 Å². The minimum absolute atomic E-state index is 0.0366. The van der Waals surface area contributed by atoms with Crippen LogP contribution < -0.4 is 5.32 Å². The molecule has 0 amide bonds. The quantitative estimate of drug-likeness (QED) is 0.792. The highest BCUT2D eigenvalue weighted by Gasteiger charge is 2.31. The van der Waals surface area contributed by atoms with Gasteiger partial charge in [-0.2, -0.15) is 13.2 Å². The number of hydrogen-bond acceptors (Lipinski definition) is 3. The number of carbonyl (C=O) groups is 1. The SMILES string of the molecule is COC(CNc1ccc(C(F)(F)F)cc1F)CC(=O)O. The van der Waals surface area contributed by atoms with Gasteiger partial charge < -0.3 is 15.2 Å². The summed E-state index contributed by atoms with van der Waals surface area (Å²) in [7, 11) is 1.29. The van der Waals surface area contributed by atoms with Crippen molar-refractivity contribution in [2.24, 2.45) is 0 Å². The lowest BCUT2D eigenvalue weighted by Gasteiger charge is -2.16. The Balaban J connectivity index is 2.71. The van der Waals surface area contributed by atoms with Gasteiger partial charge in [-0.3, -0.25) is 4.79 Å². The number of halogens is 4. The zero-order valence-electron chi connectivity index (χ0n) is 10.5. The molecule has 0 spiro atoms. The zero-order valence-corrected chi connectivity index (χ0v) is 10.5. The molecular formula is C12H13F4NO3. The van der Waals surface area contributed by atoms with Gasteiger partial charge in [0.1, 0.15) is 5.82 Å². The summed E-state index contributed by atoms with van der Waals surface area (Å²) in [4.78, 5) is 10.5. The number of carboxylic acids is 1. The monoisotopic (exact) mass is 295 g/mol. The Morgan fingerprint density at radius 3 is 2.55 bits per heavy atom. The molecule has 0 radical (unpaired) electrons. The zero-order chi connectivity index (χ0) is 15.3. The van der Waals surface area contributed by atoms with E-state index >= 15 is 0 Å². The molecule has 0 saturated heterocycles. The Hall–Kier alpha value is -1.83. The average molecular weight is 295 g/mol. The van der Waals surface area contributed by atoms with Crippen molar-refractivity contribution in [3.8, 4) is 0 Å². The predicted octanol–water partition coefficient (Wildman–Crippen LogP) is 2.75. The van der Waals surface area contributed by atoms with Gasteiger partial charge in [0.2, 0.25) is 0 Å². The van der Waals surface area contributed by atoms with Crippen molar-refractivity contribution in [3.63, 3.8) is 0 Å². The summed E-state index contributed by atoms with van der Waals surface area (Å²) < 4.78 is 55.4. The summed E-state index contributed by atoms with van der Waals surface area (Å²) >= 11 is 0. The number of rotatable bonds is 6. The molecular weight excluding hydrogens is 282 g/mol. The van der Waals surface area contributed by atoms with Crippen molar-refractivity contribution < 1.29 is 32.2 Å². The van der Waals surface area contributed by atoms with Crippen LogP contribution in [0, 0.1) is 5.82 Å². The first-order valence-corrected chi connectivity index (χ1v) is 5.59. The highest BCUT2D eigenvalue weighted by molar-refractivity contribution is 5.67. The van der Waals surface area contributed by atoms with Gasteiger partial charge in [-0.05, 0) is 18.2 Å².